The van der Waals surface area contributed by atoms with Gasteiger partial charge in [-0.1, -0.05) is 18.7 Å². The molecule has 0 saturated carbocycles. The minimum absolute atomic E-state index is 0.184. The van der Waals surface area contributed by atoms with E-state index in [0.29, 0.717) is 0 Å². The summed E-state index contributed by atoms with van der Waals surface area (Å²) in [4.78, 5) is 14.8. The van der Waals surface area contributed by atoms with Gasteiger partial charge in [0.1, 0.15) is 0 Å². The van der Waals surface area contributed by atoms with E-state index < -0.39 is 0 Å². The van der Waals surface area contributed by atoms with Gasteiger partial charge in [0.05, 0.1) is 5.92 Å². The minimum atomic E-state index is -0.268. The molecule has 0 aromatic rings. The van der Waals surface area contributed by atoms with Crippen molar-refractivity contribution in [3.05, 3.63) is 0 Å². The van der Waals surface area contributed by atoms with E-state index in [4.69, 9.17) is 11.5 Å². The largest absolute Gasteiger partial charge is 0.378 e. The van der Waals surface area contributed by atoms with Crippen molar-refractivity contribution in [2.45, 2.75) is 19.9 Å². The molecular formula is C7H15N3OS. The Morgan fingerprint density at radius 2 is 2.00 bits per heavy atom. The lowest BCUT2D eigenvalue weighted by Gasteiger charge is -2.10. The maximum Gasteiger partial charge on any atom is 0.252 e. The van der Waals surface area contributed by atoms with Crippen molar-refractivity contribution in [2.75, 3.05) is 6.26 Å². The van der Waals surface area contributed by atoms with Crippen molar-refractivity contribution in [2.24, 2.45) is 22.4 Å². The maximum atomic E-state index is 11.2. The Morgan fingerprint density at radius 3 is 2.33 bits per heavy atom. The van der Waals surface area contributed by atoms with Crippen LogP contribution in [-0.2, 0) is 4.79 Å². The van der Waals surface area contributed by atoms with Crippen LogP contribution in [0, 0.1) is 5.92 Å². The number of rotatable bonds is 2. The zero-order valence-electron chi connectivity index (χ0n) is 7.57. The van der Waals surface area contributed by atoms with Crippen molar-refractivity contribution >= 4 is 22.8 Å². The Hall–Kier alpha value is -0.550. The lowest BCUT2D eigenvalue weighted by Crippen LogP contribution is -2.30. The third-order valence-electron chi connectivity index (χ3n) is 1.61. The molecule has 0 fully saturated rings. The van der Waals surface area contributed by atoms with E-state index in [9.17, 15) is 4.79 Å². The molecule has 1 amide bonds. The third-order valence-corrected chi connectivity index (χ3v) is 2.12. The summed E-state index contributed by atoms with van der Waals surface area (Å²) in [5.74, 6) is -0.521. The molecule has 0 bridgehead atoms. The van der Waals surface area contributed by atoms with Gasteiger partial charge in [0.25, 0.3) is 5.91 Å². The van der Waals surface area contributed by atoms with Gasteiger partial charge in [-0.2, -0.15) is 4.99 Å². The molecular weight excluding hydrogens is 174 g/mol. The fourth-order valence-corrected chi connectivity index (χ4v) is 0.662. The second kappa shape index (κ2) is 5.16. The Balaban J connectivity index is 4.22. The van der Waals surface area contributed by atoms with Gasteiger partial charge in [-0.15, -0.1) is 0 Å². The van der Waals surface area contributed by atoms with Crippen LogP contribution in [0.1, 0.15) is 13.8 Å². The zero-order valence-corrected chi connectivity index (χ0v) is 8.39. The first kappa shape index (κ1) is 11.4. The molecule has 4 N–H and O–H groups in total. The summed E-state index contributed by atoms with van der Waals surface area (Å²) >= 11 is 1.25. The molecule has 12 heavy (non-hydrogen) atoms. The van der Waals surface area contributed by atoms with Crippen LogP contribution < -0.4 is 11.5 Å². The SMILES string of the molecule is CSC(N)=NC(=O)C(C)C(C)N. The number of carbonyl (C=O) groups is 1. The van der Waals surface area contributed by atoms with Crippen LogP contribution in [0.3, 0.4) is 0 Å². The first-order chi connectivity index (χ1) is 5.49. The minimum Gasteiger partial charge on any atom is -0.378 e. The van der Waals surface area contributed by atoms with Crippen LogP contribution in [0.2, 0.25) is 0 Å². The molecule has 0 aliphatic rings. The third kappa shape index (κ3) is 3.73. The average Bonchev–Trinajstić information content (AvgIpc) is 2.02. The summed E-state index contributed by atoms with van der Waals surface area (Å²) in [6.07, 6.45) is 1.77. The monoisotopic (exact) mass is 189 g/mol. The number of aliphatic imine (C=N–C) groups is 1. The van der Waals surface area contributed by atoms with Crippen LogP contribution in [0.25, 0.3) is 0 Å². The molecule has 0 heterocycles. The number of hydrogen-bond acceptors (Lipinski definition) is 3. The van der Waals surface area contributed by atoms with E-state index in [-0.39, 0.29) is 23.0 Å². The van der Waals surface area contributed by atoms with Gasteiger partial charge in [-0.05, 0) is 13.2 Å². The number of nitrogens with two attached hydrogens (primary N) is 2. The van der Waals surface area contributed by atoms with Gasteiger partial charge in [0, 0.05) is 6.04 Å². The second-order valence-electron chi connectivity index (χ2n) is 2.64. The average molecular weight is 189 g/mol. The van der Waals surface area contributed by atoms with E-state index in [1.54, 1.807) is 20.1 Å². The van der Waals surface area contributed by atoms with Gasteiger partial charge in [0.15, 0.2) is 5.17 Å². The number of hydrogen-bond donors (Lipinski definition) is 2. The summed E-state index contributed by atoms with van der Waals surface area (Å²) in [5, 5.41) is 0.285. The fraction of sp³-hybridized carbons (Fsp3) is 0.714. The van der Waals surface area contributed by atoms with E-state index in [1.165, 1.54) is 11.8 Å². The fourth-order valence-electron chi connectivity index (χ4n) is 0.481. The Kier molecular flexibility index (Phi) is 4.92. The maximum absolute atomic E-state index is 11.2. The van der Waals surface area contributed by atoms with Crippen molar-refractivity contribution in [3.8, 4) is 0 Å². The first-order valence-corrected chi connectivity index (χ1v) is 4.89. The molecule has 0 saturated heterocycles. The van der Waals surface area contributed by atoms with Crippen LogP contribution in [0.15, 0.2) is 4.99 Å². The highest BCUT2D eigenvalue weighted by atomic mass is 32.2. The van der Waals surface area contributed by atoms with Gasteiger partial charge >= 0.3 is 0 Å². The predicted octanol–water partition coefficient (Wildman–Crippen LogP) is 0.174. The molecule has 70 valence electrons. The van der Waals surface area contributed by atoms with Crippen LogP contribution in [0.5, 0.6) is 0 Å². The standard InChI is InChI=1S/C7H15N3OS/c1-4(5(2)8)6(11)10-7(9)12-3/h4-5H,8H2,1-3H3,(H2,9,10,11). The van der Waals surface area contributed by atoms with Gasteiger partial charge in [-0.3, -0.25) is 4.79 Å². The quantitative estimate of drug-likeness (QED) is 0.479. The number of nitrogens with zero attached hydrogens (tertiary/aromatic N) is 1. The second-order valence-corrected chi connectivity index (χ2v) is 3.47. The van der Waals surface area contributed by atoms with E-state index in [1.807, 2.05) is 0 Å². The van der Waals surface area contributed by atoms with E-state index in [2.05, 4.69) is 4.99 Å². The molecule has 0 radical (unpaired) electrons. The van der Waals surface area contributed by atoms with Crippen molar-refractivity contribution in [1.82, 2.24) is 0 Å². The molecule has 2 unspecified atom stereocenters. The zero-order chi connectivity index (χ0) is 9.72. The number of amidine groups is 1. The van der Waals surface area contributed by atoms with Crippen LogP contribution in [-0.4, -0.2) is 23.4 Å². The highest BCUT2D eigenvalue weighted by Gasteiger charge is 2.16. The summed E-state index contributed by atoms with van der Waals surface area (Å²) in [5.41, 5.74) is 10.9. The van der Waals surface area contributed by atoms with Gasteiger partial charge in [-0.25, -0.2) is 0 Å². The lowest BCUT2D eigenvalue weighted by atomic mass is 10.0. The Bertz CT molecular complexity index is 191. The molecule has 5 heteroatoms. The lowest BCUT2D eigenvalue weighted by molar-refractivity contribution is -0.121. The topological polar surface area (TPSA) is 81.5 Å². The Labute approximate surface area is 76.8 Å². The highest BCUT2D eigenvalue weighted by Crippen LogP contribution is 2.03. The van der Waals surface area contributed by atoms with E-state index >= 15 is 0 Å². The summed E-state index contributed by atoms with van der Waals surface area (Å²) in [6.45, 7) is 3.51. The summed E-state index contributed by atoms with van der Waals surface area (Å²) in [7, 11) is 0. The van der Waals surface area contributed by atoms with Crippen LogP contribution >= 0.6 is 11.8 Å². The van der Waals surface area contributed by atoms with Crippen LogP contribution in [0.4, 0.5) is 0 Å². The van der Waals surface area contributed by atoms with Crippen molar-refractivity contribution in [1.29, 1.82) is 0 Å². The normalized spacial score (nSPS) is 17.2. The van der Waals surface area contributed by atoms with Gasteiger partial charge < -0.3 is 11.5 Å². The molecule has 0 aliphatic heterocycles. The summed E-state index contributed by atoms with van der Waals surface area (Å²) < 4.78 is 0. The number of thioether (sulfide) groups is 1. The Morgan fingerprint density at radius 1 is 1.50 bits per heavy atom. The molecule has 0 rings (SSSR count). The van der Waals surface area contributed by atoms with Gasteiger partial charge in [0.2, 0.25) is 0 Å². The van der Waals surface area contributed by atoms with Crippen molar-refractivity contribution < 1.29 is 4.79 Å². The first-order valence-electron chi connectivity index (χ1n) is 3.66. The highest BCUT2D eigenvalue weighted by molar-refractivity contribution is 8.13. The smallest absolute Gasteiger partial charge is 0.252 e. The summed E-state index contributed by atoms with van der Waals surface area (Å²) in [6, 6.07) is -0.184. The molecule has 2 atom stereocenters. The molecule has 0 aliphatic carbocycles. The molecule has 0 aromatic carbocycles. The molecule has 0 aromatic heterocycles. The predicted molar refractivity (Wildman–Crippen MR) is 53.0 cm³/mol. The van der Waals surface area contributed by atoms with E-state index in [0.717, 1.165) is 0 Å². The molecule has 4 nitrogen and oxygen atoms in total. The molecule has 0 spiro atoms. The number of amides is 1. The number of carbonyl (C=O) groups excluding carboxylic acids is 1. The van der Waals surface area contributed by atoms with Crippen molar-refractivity contribution in [3.63, 3.8) is 0 Å².